The quantitative estimate of drug-likeness (QED) is 0.181. The molecule has 0 unspecified atom stereocenters. The summed E-state index contributed by atoms with van der Waals surface area (Å²) in [6.07, 6.45) is 0. The number of hydrogen-bond donors (Lipinski definition) is 0. The van der Waals surface area contributed by atoms with Crippen molar-refractivity contribution in [2.75, 3.05) is 4.90 Å². The van der Waals surface area contributed by atoms with Gasteiger partial charge in [-0.3, -0.25) is 0 Å². The van der Waals surface area contributed by atoms with Crippen molar-refractivity contribution < 1.29 is 4.42 Å². The largest absolute Gasteiger partial charge is 0.456 e. The standard InChI is InChI=1S/C47H33NO/c1-47(2)41-15-9-8-14-38(41)39-25-23-36(29-42(39)47)48(34-21-18-31(19-22-34)30-10-4-3-5-11-30)35-24-27-43-40(28-35)46-44(49-43)26-20-33-17-16-32-12-6-7-13-37(32)45(33)46/h3-29H,1-2H3. The highest BCUT2D eigenvalue weighted by molar-refractivity contribution is 6.27. The molecule has 0 radical (unpaired) electrons. The Hall–Kier alpha value is -6.12. The monoisotopic (exact) mass is 627 g/mol. The van der Waals surface area contributed by atoms with Gasteiger partial charge in [-0.2, -0.15) is 0 Å². The highest BCUT2D eigenvalue weighted by Crippen LogP contribution is 2.51. The lowest BCUT2D eigenvalue weighted by Gasteiger charge is -2.28. The molecule has 1 aliphatic rings. The van der Waals surface area contributed by atoms with Gasteiger partial charge in [0.1, 0.15) is 11.2 Å². The first-order valence-electron chi connectivity index (χ1n) is 17.0. The van der Waals surface area contributed by atoms with Gasteiger partial charge in [0.2, 0.25) is 0 Å². The molecule has 9 aromatic rings. The zero-order valence-corrected chi connectivity index (χ0v) is 27.4. The van der Waals surface area contributed by atoms with Crippen LogP contribution in [-0.4, -0.2) is 0 Å². The first-order chi connectivity index (χ1) is 24.0. The normalized spacial score (nSPS) is 13.3. The number of hydrogen-bond acceptors (Lipinski definition) is 2. The average molecular weight is 628 g/mol. The first-order valence-corrected chi connectivity index (χ1v) is 17.0. The summed E-state index contributed by atoms with van der Waals surface area (Å²) < 4.78 is 6.53. The summed E-state index contributed by atoms with van der Waals surface area (Å²) in [4.78, 5) is 2.40. The van der Waals surface area contributed by atoms with Crippen LogP contribution in [0.1, 0.15) is 25.0 Å². The van der Waals surface area contributed by atoms with Crippen LogP contribution >= 0.6 is 0 Å². The minimum Gasteiger partial charge on any atom is -0.456 e. The zero-order valence-electron chi connectivity index (χ0n) is 27.4. The van der Waals surface area contributed by atoms with Gasteiger partial charge in [0, 0.05) is 38.6 Å². The maximum Gasteiger partial charge on any atom is 0.136 e. The molecule has 0 amide bonds. The van der Waals surface area contributed by atoms with Crippen LogP contribution in [0.25, 0.3) is 65.7 Å². The average Bonchev–Trinajstić information content (AvgIpc) is 3.64. The minimum atomic E-state index is -0.102. The Balaban J connectivity index is 1.21. The lowest BCUT2D eigenvalue weighted by molar-refractivity contribution is 0.660. The van der Waals surface area contributed by atoms with E-state index >= 15 is 0 Å². The third-order valence-corrected chi connectivity index (χ3v) is 10.6. The Kier molecular flexibility index (Phi) is 5.95. The van der Waals surface area contributed by atoms with Gasteiger partial charge < -0.3 is 9.32 Å². The van der Waals surface area contributed by atoms with Crippen LogP contribution in [0.2, 0.25) is 0 Å². The van der Waals surface area contributed by atoms with Crippen molar-refractivity contribution in [1.82, 2.24) is 0 Å². The molecule has 232 valence electrons. The van der Waals surface area contributed by atoms with Crippen LogP contribution in [0.5, 0.6) is 0 Å². The number of anilines is 3. The summed E-state index contributed by atoms with van der Waals surface area (Å²) in [6.45, 7) is 4.69. The molecule has 10 rings (SSSR count). The van der Waals surface area contributed by atoms with E-state index in [-0.39, 0.29) is 5.41 Å². The van der Waals surface area contributed by atoms with Crippen molar-refractivity contribution in [2.24, 2.45) is 0 Å². The van der Waals surface area contributed by atoms with Gasteiger partial charge in [0.25, 0.3) is 0 Å². The summed E-state index contributed by atoms with van der Waals surface area (Å²) in [5, 5.41) is 7.21. The van der Waals surface area contributed by atoms with Crippen molar-refractivity contribution in [3.63, 3.8) is 0 Å². The Morgan fingerprint density at radius 1 is 0.429 bits per heavy atom. The molecule has 49 heavy (non-hydrogen) atoms. The Morgan fingerprint density at radius 2 is 1.06 bits per heavy atom. The summed E-state index contributed by atoms with van der Waals surface area (Å²) >= 11 is 0. The highest BCUT2D eigenvalue weighted by atomic mass is 16.3. The van der Waals surface area contributed by atoms with E-state index in [1.54, 1.807) is 0 Å². The Bertz CT molecular complexity index is 2730. The van der Waals surface area contributed by atoms with Crippen LogP contribution in [-0.2, 0) is 5.41 Å². The van der Waals surface area contributed by atoms with Crippen molar-refractivity contribution in [1.29, 1.82) is 0 Å². The van der Waals surface area contributed by atoms with Crippen LogP contribution < -0.4 is 4.90 Å². The number of benzene rings is 8. The third kappa shape index (κ3) is 4.20. The molecule has 2 nitrogen and oxygen atoms in total. The molecule has 0 fully saturated rings. The number of furan rings is 1. The molecule has 0 spiro atoms. The van der Waals surface area contributed by atoms with Crippen molar-refractivity contribution >= 4 is 60.5 Å². The summed E-state index contributed by atoms with van der Waals surface area (Å²) in [6, 6.07) is 59.4. The second-order valence-corrected chi connectivity index (χ2v) is 13.8. The van der Waals surface area contributed by atoms with E-state index in [2.05, 4.69) is 183 Å². The van der Waals surface area contributed by atoms with Gasteiger partial charge >= 0.3 is 0 Å². The first kappa shape index (κ1) is 27.9. The second kappa shape index (κ2) is 10.4. The van der Waals surface area contributed by atoms with Crippen LogP contribution in [0.4, 0.5) is 17.1 Å². The van der Waals surface area contributed by atoms with E-state index in [0.717, 1.165) is 39.0 Å². The van der Waals surface area contributed by atoms with Crippen molar-refractivity contribution in [3.8, 4) is 22.3 Å². The summed E-state index contributed by atoms with van der Waals surface area (Å²) in [7, 11) is 0. The van der Waals surface area contributed by atoms with E-state index in [0.29, 0.717) is 0 Å². The molecule has 1 heterocycles. The molecule has 2 heteroatoms. The SMILES string of the molecule is CC1(C)c2ccccc2-c2ccc(N(c3ccc(-c4ccccc4)cc3)c3ccc4oc5ccc6ccc7ccccc7c6c5c4c3)cc21. The fraction of sp³-hybridized carbons (Fsp3) is 0.0638. The molecule has 0 aliphatic heterocycles. The Labute approximate surface area is 285 Å². The molecule has 0 atom stereocenters. The smallest absolute Gasteiger partial charge is 0.136 e. The molecule has 0 saturated heterocycles. The maximum absolute atomic E-state index is 6.53. The van der Waals surface area contributed by atoms with E-state index in [9.17, 15) is 0 Å². The fourth-order valence-corrected chi connectivity index (χ4v) is 8.20. The molecule has 0 N–H and O–H groups in total. The summed E-state index contributed by atoms with van der Waals surface area (Å²) in [5.74, 6) is 0. The third-order valence-electron chi connectivity index (χ3n) is 10.6. The lowest BCUT2D eigenvalue weighted by atomic mass is 9.82. The molecular formula is C47H33NO. The van der Waals surface area contributed by atoms with Crippen LogP contribution in [0, 0.1) is 0 Å². The van der Waals surface area contributed by atoms with E-state index in [1.807, 2.05) is 0 Å². The van der Waals surface area contributed by atoms with E-state index < -0.39 is 0 Å². The van der Waals surface area contributed by atoms with Crippen molar-refractivity contribution in [3.05, 3.63) is 175 Å². The molecule has 1 aromatic heterocycles. The van der Waals surface area contributed by atoms with Gasteiger partial charge in [-0.25, -0.2) is 0 Å². The predicted octanol–water partition coefficient (Wildman–Crippen LogP) is 13.3. The van der Waals surface area contributed by atoms with Gasteiger partial charge in [0.15, 0.2) is 0 Å². The van der Waals surface area contributed by atoms with Gasteiger partial charge in [-0.05, 0) is 98.1 Å². The molecule has 8 aromatic carbocycles. The predicted molar refractivity (Wildman–Crippen MR) is 206 cm³/mol. The summed E-state index contributed by atoms with van der Waals surface area (Å²) in [5.41, 5.74) is 12.8. The lowest BCUT2D eigenvalue weighted by Crippen LogP contribution is -2.16. The second-order valence-electron chi connectivity index (χ2n) is 13.8. The van der Waals surface area contributed by atoms with E-state index in [4.69, 9.17) is 4.42 Å². The number of rotatable bonds is 4. The van der Waals surface area contributed by atoms with Crippen molar-refractivity contribution in [2.45, 2.75) is 19.3 Å². The van der Waals surface area contributed by atoms with Gasteiger partial charge in [-0.1, -0.05) is 129 Å². The van der Waals surface area contributed by atoms with Crippen LogP contribution in [0.15, 0.2) is 168 Å². The number of fused-ring (bicyclic) bond motifs is 10. The Morgan fingerprint density at radius 3 is 1.94 bits per heavy atom. The zero-order chi connectivity index (χ0) is 32.7. The fourth-order valence-electron chi connectivity index (χ4n) is 8.20. The van der Waals surface area contributed by atoms with Gasteiger partial charge in [-0.15, -0.1) is 0 Å². The molecule has 0 bridgehead atoms. The molecule has 1 aliphatic carbocycles. The molecular weight excluding hydrogens is 595 g/mol. The minimum absolute atomic E-state index is 0.102. The van der Waals surface area contributed by atoms with E-state index in [1.165, 1.54) is 54.9 Å². The topological polar surface area (TPSA) is 16.4 Å². The highest BCUT2D eigenvalue weighted by Gasteiger charge is 2.35. The number of nitrogens with zero attached hydrogens (tertiary/aromatic N) is 1. The van der Waals surface area contributed by atoms with Crippen LogP contribution in [0.3, 0.4) is 0 Å². The molecule has 0 saturated carbocycles. The van der Waals surface area contributed by atoms with Gasteiger partial charge in [0.05, 0.1) is 0 Å². The maximum atomic E-state index is 6.53.